The molecule has 0 bridgehead atoms. The largest absolute Gasteiger partial charge is 0.346 e. The normalized spacial score (nSPS) is 11.0. The molecule has 10 heteroatoms. The Balaban J connectivity index is 1.59. The molecule has 0 atom stereocenters. The molecular formula is C30H23Cl4N4OS+. The van der Waals surface area contributed by atoms with Gasteiger partial charge < -0.3 is 5.43 Å². The maximum absolute atomic E-state index is 14.2. The molecule has 5 aromatic rings. The lowest BCUT2D eigenvalue weighted by atomic mass is 10.1. The highest BCUT2D eigenvalue weighted by molar-refractivity contribution is 7.98. The van der Waals surface area contributed by atoms with Crippen molar-refractivity contribution < 1.29 is 4.68 Å². The molecule has 1 aromatic heterocycles. The first-order chi connectivity index (χ1) is 19.4. The van der Waals surface area contributed by atoms with Crippen LogP contribution in [0.25, 0.3) is 11.3 Å². The molecule has 0 radical (unpaired) electrons. The molecule has 40 heavy (non-hydrogen) atoms. The van der Waals surface area contributed by atoms with Crippen molar-refractivity contribution in [3.8, 4) is 11.3 Å². The number of nitrogens with zero attached hydrogens (tertiary/aromatic N) is 3. The van der Waals surface area contributed by atoms with E-state index in [1.807, 2.05) is 84.9 Å². The van der Waals surface area contributed by atoms with Crippen LogP contribution in [0, 0.1) is 0 Å². The predicted molar refractivity (Wildman–Crippen MR) is 165 cm³/mol. The minimum atomic E-state index is -0.237. The highest BCUT2D eigenvalue weighted by Gasteiger charge is 2.27. The Hall–Kier alpha value is -3.00. The lowest BCUT2D eigenvalue weighted by molar-refractivity contribution is -0.740. The fourth-order valence-corrected chi connectivity index (χ4v) is 5.42. The first-order valence-electron chi connectivity index (χ1n) is 12.3. The molecule has 202 valence electrons. The summed E-state index contributed by atoms with van der Waals surface area (Å²) in [6.07, 6.45) is 0. The van der Waals surface area contributed by atoms with Crippen molar-refractivity contribution in [2.24, 2.45) is 0 Å². The van der Waals surface area contributed by atoms with Gasteiger partial charge in [-0.1, -0.05) is 99.2 Å². The minimum absolute atomic E-state index is 0.237. The summed E-state index contributed by atoms with van der Waals surface area (Å²) >= 11 is 25.9. The summed E-state index contributed by atoms with van der Waals surface area (Å²) in [6.45, 7) is 0.769. The van der Waals surface area contributed by atoms with Crippen molar-refractivity contribution in [3.05, 3.63) is 144 Å². The third-order valence-electron chi connectivity index (χ3n) is 6.06. The number of halogens is 4. The van der Waals surface area contributed by atoms with Gasteiger partial charge in [-0.15, -0.1) is 0 Å². The number of thioether (sulfide) groups is 1. The second kappa shape index (κ2) is 13.1. The van der Waals surface area contributed by atoms with Crippen LogP contribution in [0.4, 0.5) is 0 Å². The molecule has 5 rings (SSSR count). The first-order valence-corrected chi connectivity index (χ1v) is 14.8. The van der Waals surface area contributed by atoms with Crippen LogP contribution in [0.1, 0.15) is 16.7 Å². The highest BCUT2D eigenvalue weighted by Crippen LogP contribution is 2.23. The Bertz CT molecular complexity index is 1660. The molecule has 4 aromatic carbocycles. The van der Waals surface area contributed by atoms with E-state index >= 15 is 0 Å². The van der Waals surface area contributed by atoms with Crippen LogP contribution < -0.4 is 15.7 Å². The maximum atomic E-state index is 14.2. The van der Waals surface area contributed by atoms with Gasteiger partial charge in [-0.25, -0.2) is 0 Å². The smallest absolute Gasteiger partial charge is 0.316 e. The summed E-state index contributed by atoms with van der Waals surface area (Å²) in [5.74, 6) is 0.591. The van der Waals surface area contributed by atoms with Gasteiger partial charge in [0.25, 0.3) is 5.16 Å². The van der Waals surface area contributed by atoms with Crippen LogP contribution in [0.3, 0.4) is 0 Å². The summed E-state index contributed by atoms with van der Waals surface area (Å²) in [5.41, 5.74) is 7.15. The number of rotatable bonds is 9. The van der Waals surface area contributed by atoms with Crippen molar-refractivity contribution in [3.63, 3.8) is 0 Å². The number of nitrogens with one attached hydrogen (secondary N) is 1. The van der Waals surface area contributed by atoms with E-state index in [0.29, 0.717) is 55.3 Å². The third kappa shape index (κ3) is 7.19. The van der Waals surface area contributed by atoms with E-state index in [1.54, 1.807) is 16.8 Å². The van der Waals surface area contributed by atoms with Gasteiger partial charge in [0, 0.05) is 36.5 Å². The Morgan fingerprint density at radius 3 is 1.70 bits per heavy atom. The van der Waals surface area contributed by atoms with Gasteiger partial charge >= 0.3 is 11.3 Å². The van der Waals surface area contributed by atoms with E-state index in [0.717, 1.165) is 16.7 Å². The molecule has 0 fully saturated rings. The molecule has 0 saturated heterocycles. The zero-order chi connectivity index (χ0) is 28.1. The summed E-state index contributed by atoms with van der Waals surface area (Å²) in [7, 11) is 0. The van der Waals surface area contributed by atoms with Crippen molar-refractivity contribution in [2.75, 3.05) is 5.43 Å². The standard InChI is InChI=1S/C30H22Cl4N4OS/c31-24-9-1-20(2-10-24)17-35-38-29(39)28(23-7-15-27(34)16-8-23)37(18-21-3-11-25(32)12-4-21)36-30(38)40-19-22-5-13-26(33)14-6-22/h1-16H,17-19H2/p+1. The summed E-state index contributed by atoms with van der Waals surface area (Å²) in [4.78, 5) is 14.2. The molecular weight excluding hydrogens is 606 g/mol. The molecule has 1 N–H and O–H groups in total. The fraction of sp³-hybridized carbons (Fsp3) is 0.100. The zero-order valence-electron chi connectivity index (χ0n) is 21.0. The van der Waals surface area contributed by atoms with E-state index in [1.165, 1.54) is 16.4 Å². The van der Waals surface area contributed by atoms with E-state index < -0.39 is 0 Å². The second-order valence-electron chi connectivity index (χ2n) is 8.94. The predicted octanol–water partition coefficient (Wildman–Crippen LogP) is 7.90. The number of hydrogen-bond donors (Lipinski definition) is 1. The maximum Gasteiger partial charge on any atom is 0.346 e. The number of hydrogen-bond acceptors (Lipinski definition) is 4. The Morgan fingerprint density at radius 1 is 0.675 bits per heavy atom. The first kappa shape index (κ1) is 28.5. The quantitative estimate of drug-likeness (QED) is 0.133. The SMILES string of the molecule is O=c1c(-c2ccc(Cl)cc2)[n+](Cc2ccc(Cl)cc2)nc(SCc2ccc(Cl)cc2)n1NCc1ccc(Cl)cc1. The Labute approximate surface area is 256 Å². The lowest BCUT2D eigenvalue weighted by Crippen LogP contribution is -2.50. The van der Waals surface area contributed by atoms with Crippen molar-refractivity contribution in [2.45, 2.75) is 24.0 Å². The second-order valence-corrected chi connectivity index (χ2v) is 11.6. The average Bonchev–Trinajstić information content (AvgIpc) is 2.95. The third-order valence-corrected chi connectivity index (χ3v) is 8.07. The van der Waals surface area contributed by atoms with Crippen LogP contribution in [-0.2, 0) is 18.8 Å². The van der Waals surface area contributed by atoms with Gasteiger partial charge in [-0.2, -0.15) is 4.68 Å². The molecule has 0 amide bonds. The topological polar surface area (TPSA) is 50.8 Å². The summed E-state index contributed by atoms with van der Waals surface area (Å²) in [5, 5.41) is 8.03. The van der Waals surface area contributed by atoms with Crippen LogP contribution >= 0.6 is 58.2 Å². The molecule has 0 aliphatic carbocycles. The van der Waals surface area contributed by atoms with Crippen LogP contribution in [0.15, 0.2) is 107 Å². The zero-order valence-corrected chi connectivity index (χ0v) is 24.9. The monoisotopic (exact) mass is 627 g/mol. The molecule has 0 aliphatic rings. The summed E-state index contributed by atoms with van der Waals surface area (Å²) < 4.78 is 3.25. The fourth-order valence-electron chi connectivity index (χ4n) is 3.99. The van der Waals surface area contributed by atoms with E-state index in [9.17, 15) is 4.79 Å². The lowest BCUT2D eigenvalue weighted by Gasteiger charge is -2.14. The molecule has 1 heterocycles. The van der Waals surface area contributed by atoms with Gasteiger partial charge in [-0.3, -0.25) is 4.79 Å². The van der Waals surface area contributed by atoms with Crippen molar-refractivity contribution >= 4 is 58.2 Å². The van der Waals surface area contributed by atoms with Gasteiger partial charge in [0.2, 0.25) is 6.54 Å². The van der Waals surface area contributed by atoms with E-state index in [-0.39, 0.29) is 5.56 Å². The molecule has 5 nitrogen and oxygen atoms in total. The van der Waals surface area contributed by atoms with Gasteiger partial charge in [-0.05, 0) is 71.8 Å². The Kier molecular flexibility index (Phi) is 9.35. The highest BCUT2D eigenvalue weighted by atomic mass is 35.5. The summed E-state index contributed by atoms with van der Waals surface area (Å²) in [6, 6.07) is 29.8. The van der Waals surface area contributed by atoms with Gasteiger partial charge in [0.15, 0.2) is 0 Å². The van der Waals surface area contributed by atoms with Crippen LogP contribution in [-0.4, -0.2) is 9.77 Å². The van der Waals surface area contributed by atoms with Crippen LogP contribution in [0.2, 0.25) is 20.1 Å². The molecule has 0 saturated carbocycles. The van der Waals surface area contributed by atoms with E-state index in [2.05, 4.69) is 5.43 Å². The van der Waals surface area contributed by atoms with Gasteiger partial charge in [0.05, 0.1) is 12.1 Å². The minimum Gasteiger partial charge on any atom is -0.316 e. The average molecular weight is 629 g/mol. The van der Waals surface area contributed by atoms with Crippen LogP contribution in [0.5, 0.6) is 0 Å². The van der Waals surface area contributed by atoms with Crippen molar-refractivity contribution in [1.82, 2.24) is 9.77 Å². The molecule has 0 spiro atoms. The molecule has 0 unspecified atom stereocenters. The molecule has 0 aliphatic heterocycles. The van der Waals surface area contributed by atoms with Gasteiger partial charge in [0.1, 0.15) is 0 Å². The number of aromatic nitrogens is 3. The number of benzene rings is 4. The Morgan fingerprint density at radius 2 is 1.15 bits per heavy atom. The van der Waals surface area contributed by atoms with Crippen molar-refractivity contribution in [1.29, 1.82) is 0 Å². The van der Waals surface area contributed by atoms with E-state index in [4.69, 9.17) is 51.5 Å².